The number of carbonyl (C=O) groups is 1. The highest BCUT2D eigenvalue weighted by Crippen LogP contribution is 2.28. The molecular weight excluding hydrogens is 254 g/mol. The third-order valence-corrected chi connectivity index (χ3v) is 4.58. The summed E-state index contributed by atoms with van der Waals surface area (Å²) in [6, 6.07) is 5.74. The average molecular weight is 271 g/mol. The Morgan fingerprint density at radius 3 is 2.95 bits per heavy atom. The van der Waals surface area contributed by atoms with E-state index >= 15 is 0 Å². The maximum absolute atomic E-state index is 12.5. The Labute approximate surface area is 117 Å². The first-order chi connectivity index (χ1) is 9.81. The molecule has 104 valence electrons. The number of piperidine rings is 3. The number of oxazole rings is 1. The Morgan fingerprint density at radius 1 is 1.35 bits per heavy atom. The number of carbonyl (C=O) groups excluding carboxylic acids is 1. The lowest BCUT2D eigenvalue weighted by molar-refractivity contribution is 0.0621. The summed E-state index contributed by atoms with van der Waals surface area (Å²) in [5, 5.41) is 3.19. The number of rotatable bonds is 2. The van der Waals surface area contributed by atoms with Gasteiger partial charge in [0.15, 0.2) is 12.0 Å². The van der Waals surface area contributed by atoms with Crippen LogP contribution in [0.4, 0.5) is 0 Å². The molecule has 4 heterocycles. The van der Waals surface area contributed by atoms with Crippen molar-refractivity contribution in [2.75, 3.05) is 19.6 Å². The van der Waals surface area contributed by atoms with E-state index in [-0.39, 0.29) is 11.9 Å². The summed E-state index contributed by atoms with van der Waals surface area (Å²) in [4.78, 5) is 19.1. The minimum Gasteiger partial charge on any atom is -0.443 e. The Morgan fingerprint density at radius 2 is 2.20 bits per heavy atom. The molecular formula is C15H17N3O2. The molecule has 5 nitrogen and oxygen atoms in total. The third kappa shape index (κ3) is 1.89. The summed E-state index contributed by atoms with van der Waals surface area (Å²) >= 11 is 0. The molecule has 3 aliphatic heterocycles. The number of aromatic nitrogens is 1. The van der Waals surface area contributed by atoms with Gasteiger partial charge in [-0.2, -0.15) is 0 Å². The molecule has 0 spiro atoms. The van der Waals surface area contributed by atoms with E-state index in [0.29, 0.717) is 22.6 Å². The molecule has 0 radical (unpaired) electrons. The second kappa shape index (κ2) is 4.59. The monoisotopic (exact) mass is 271 g/mol. The van der Waals surface area contributed by atoms with Crippen LogP contribution >= 0.6 is 0 Å². The number of nitrogens with zero attached hydrogens (tertiary/aromatic N) is 2. The van der Waals surface area contributed by atoms with Gasteiger partial charge in [0.05, 0.1) is 5.56 Å². The van der Waals surface area contributed by atoms with Crippen LogP contribution in [0.1, 0.15) is 23.2 Å². The molecule has 1 atom stereocenters. The van der Waals surface area contributed by atoms with Gasteiger partial charge in [0.2, 0.25) is 0 Å². The highest BCUT2D eigenvalue weighted by molar-refractivity contribution is 6.04. The predicted octanol–water partition coefficient (Wildman–Crippen LogP) is 1.65. The number of benzene rings is 1. The smallest absolute Gasteiger partial charge is 0.253 e. The minimum atomic E-state index is -0.0387. The van der Waals surface area contributed by atoms with E-state index in [4.69, 9.17) is 4.42 Å². The average Bonchev–Trinajstić information content (AvgIpc) is 2.96. The van der Waals surface area contributed by atoms with E-state index in [9.17, 15) is 4.79 Å². The van der Waals surface area contributed by atoms with Crippen LogP contribution in [-0.4, -0.2) is 41.5 Å². The molecule has 1 N–H and O–H groups in total. The summed E-state index contributed by atoms with van der Waals surface area (Å²) in [6.45, 7) is 3.33. The van der Waals surface area contributed by atoms with Crippen LogP contribution in [0, 0.1) is 5.92 Å². The molecule has 3 saturated heterocycles. The van der Waals surface area contributed by atoms with Crippen LogP contribution < -0.4 is 5.32 Å². The number of nitrogens with one attached hydrogen (secondary N) is 1. The summed E-state index contributed by atoms with van der Waals surface area (Å²) in [7, 11) is 0. The van der Waals surface area contributed by atoms with E-state index in [0.717, 1.165) is 6.54 Å². The zero-order valence-electron chi connectivity index (χ0n) is 11.2. The van der Waals surface area contributed by atoms with Crippen LogP contribution in [-0.2, 0) is 0 Å². The van der Waals surface area contributed by atoms with Crippen LogP contribution in [0.25, 0.3) is 11.1 Å². The fraction of sp³-hybridized carbons (Fsp3) is 0.467. The van der Waals surface area contributed by atoms with Gasteiger partial charge >= 0.3 is 0 Å². The SMILES string of the molecule is O=C(N[C@@H]1CN2CCC1CC2)c1cccc2ocnc12. The maximum Gasteiger partial charge on any atom is 0.253 e. The van der Waals surface area contributed by atoms with Crippen LogP contribution in [0.15, 0.2) is 29.0 Å². The van der Waals surface area contributed by atoms with Crippen LogP contribution in [0.2, 0.25) is 0 Å². The van der Waals surface area contributed by atoms with E-state index in [1.54, 1.807) is 0 Å². The first kappa shape index (κ1) is 11.9. The Kier molecular flexibility index (Phi) is 2.73. The molecule has 2 aromatic rings. The molecule has 0 saturated carbocycles. The van der Waals surface area contributed by atoms with Crippen molar-refractivity contribution >= 4 is 17.0 Å². The van der Waals surface area contributed by atoms with Crippen molar-refractivity contribution in [1.29, 1.82) is 0 Å². The molecule has 0 unspecified atom stereocenters. The number of fused-ring (bicyclic) bond motifs is 4. The van der Waals surface area contributed by atoms with Gasteiger partial charge in [-0.05, 0) is 44.0 Å². The van der Waals surface area contributed by atoms with Crippen molar-refractivity contribution in [3.05, 3.63) is 30.2 Å². The zero-order valence-corrected chi connectivity index (χ0v) is 11.2. The summed E-state index contributed by atoms with van der Waals surface area (Å²) in [6.07, 6.45) is 3.77. The van der Waals surface area contributed by atoms with Crippen LogP contribution in [0.3, 0.4) is 0 Å². The van der Waals surface area contributed by atoms with Gasteiger partial charge in [-0.3, -0.25) is 4.79 Å². The van der Waals surface area contributed by atoms with Crippen molar-refractivity contribution in [3.8, 4) is 0 Å². The molecule has 0 aliphatic carbocycles. The van der Waals surface area contributed by atoms with Gasteiger partial charge in [0, 0.05) is 12.6 Å². The van der Waals surface area contributed by atoms with Gasteiger partial charge in [0.1, 0.15) is 5.52 Å². The predicted molar refractivity (Wildman–Crippen MR) is 74.4 cm³/mol. The molecule has 3 fully saturated rings. The number of para-hydroxylation sites is 1. The number of hydrogen-bond donors (Lipinski definition) is 1. The summed E-state index contributed by atoms with van der Waals surface area (Å²) in [5.74, 6) is 0.587. The van der Waals surface area contributed by atoms with Crippen molar-refractivity contribution < 1.29 is 9.21 Å². The quantitative estimate of drug-likeness (QED) is 0.902. The van der Waals surface area contributed by atoms with E-state index in [1.165, 1.54) is 32.3 Å². The molecule has 1 aromatic carbocycles. The van der Waals surface area contributed by atoms with Crippen molar-refractivity contribution in [2.24, 2.45) is 5.92 Å². The second-order valence-electron chi connectivity index (χ2n) is 5.72. The van der Waals surface area contributed by atoms with Crippen molar-refractivity contribution in [3.63, 3.8) is 0 Å². The highest BCUT2D eigenvalue weighted by Gasteiger charge is 2.35. The second-order valence-corrected chi connectivity index (χ2v) is 5.72. The number of hydrogen-bond acceptors (Lipinski definition) is 4. The first-order valence-electron chi connectivity index (χ1n) is 7.17. The lowest BCUT2D eigenvalue weighted by atomic mass is 9.84. The highest BCUT2D eigenvalue weighted by atomic mass is 16.3. The van der Waals surface area contributed by atoms with Gasteiger partial charge in [0.25, 0.3) is 5.91 Å². The standard InChI is InChI=1S/C15H17N3O2/c19-15(11-2-1-3-13-14(11)16-9-20-13)17-12-8-18-6-4-10(12)5-7-18/h1-3,9-10,12H,4-8H2,(H,17,19)/t12-/m1/s1. The minimum absolute atomic E-state index is 0.0387. The van der Waals surface area contributed by atoms with Crippen molar-refractivity contribution in [1.82, 2.24) is 15.2 Å². The Bertz CT molecular complexity index is 643. The molecule has 5 rings (SSSR count). The van der Waals surface area contributed by atoms with Gasteiger partial charge < -0.3 is 14.6 Å². The van der Waals surface area contributed by atoms with E-state index in [1.807, 2.05) is 18.2 Å². The molecule has 1 amide bonds. The molecule has 2 bridgehead atoms. The lowest BCUT2D eigenvalue weighted by Gasteiger charge is -2.44. The first-order valence-corrected chi connectivity index (χ1v) is 7.17. The molecule has 3 aliphatic rings. The van der Waals surface area contributed by atoms with E-state index < -0.39 is 0 Å². The molecule has 5 heteroatoms. The van der Waals surface area contributed by atoms with Gasteiger partial charge in [-0.25, -0.2) is 4.98 Å². The zero-order chi connectivity index (χ0) is 13.5. The molecule has 20 heavy (non-hydrogen) atoms. The Hall–Kier alpha value is -1.88. The maximum atomic E-state index is 12.5. The van der Waals surface area contributed by atoms with Gasteiger partial charge in [-0.1, -0.05) is 6.07 Å². The normalized spacial score (nSPS) is 28.7. The number of amides is 1. The molecule has 1 aromatic heterocycles. The Balaban J connectivity index is 1.57. The van der Waals surface area contributed by atoms with Gasteiger partial charge in [-0.15, -0.1) is 0 Å². The lowest BCUT2D eigenvalue weighted by Crippen LogP contribution is -2.57. The van der Waals surface area contributed by atoms with Crippen molar-refractivity contribution in [2.45, 2.75) is 18.9 Å². The fourth-order valence-electron chi connectivity index (χ4n) is 3.44. The third-order valence-electron chi connectivity index (χ3n) is 4.58. The fourth-order valence-corrected chi connectivity index (χ4v) is 3.44. The topological polar surface area (TPSA) is 58.4 Å². The van der Waals surface area contributed by atoms with Crippen LogP contribution in [0.5, 0.6) is 0 Å². The largest absolute Gasteiger partial charge is 0.443 e. The van der Waals surface area contributed by atoms with E-state index in [2.05, 4.69) is 15.2 Å². The summed E-state index contributed by atoms with van der Waals surface area (Å²) < 4.78 is 5.25. The summed E-state index contributed by atoms with van der Waals surface area (Å²) in [5.41, 5.74) is 1.91.